The lowest BCUT2D eigenvalue weighted by Crippen LogP contribution is -2.26. The molecule has 0 unspecified atom stereocenters. The molecule has 2 N–H and O–H groups in total. The third-order valence-electron chi connectivity index (χ3n) is 3.22. The minimum atomic E-state index is -0.827. The molecule has 1 aliphatic rings. The van der Waals surface area contributed by atoms with Crippen molar-refractivity contribution in [3.05, 3.63) is 11.1 Å². The van der Waals surface area contributed by atoms with Gasteiger partial charge in [-0.1, -0.05) is 0 Å². The summed E-state index contributed by atoms with van der Waals surface area (Å²) in [6, 6.07) is 0.497. The van der Waals surface area contributed by atoms with Gasteiger partial charge in [0.1, 0.15) is 0 Å². The molecule has 4 nitrogen and oxygen atoms in total. The molecule has 0 spiro atoms. The molecule has 0 atom stereocenters. The summed E-state index contributed by atoms with van der Waals surface area (Å²) in [6.45, 7) is 0. The summed E-state index contributed by atoms with van der Waals surface area (Å²) in [5.41, 5.74) is 0.646. The number of carboxylic acid groups (broad SMARTS) is 1. The van der Waals surface area contributed by atoms with Crippen LogP contribution in [0.4, 0.5) is 5.13 Å². The Kier molecular flexibility index (Phi) is 4.88. The van der Waals surface area contributed by atoms with Gasteiger partial charge >= 0.3 is 5.97 Å². The number of nitrogens with zero attached hydrogens (tertiary/aromatic N) is 1. The second-order valence-electron chi connectivity index (χ2n) is 4.57. The summed E-state index contributed by atoms with van der Waals surface area (Å²) in [5, 5.41) is 15.6. The van der Waals surface area contributed by atoms with Crippen LogP contribution in [0.3, 0.4) is 0 Å². The van der Waals surface area contributed by atoms with Gasteiger partial charge in [-0.15, -0.1) is 11.3 Å². The van der Waals surface area contributed by atoms with E-state index in [0.717, 1.165) is 10.4 Å². The summed E-state index contributed by atoms with van der Waals surface area (Å²) >= 11 is 3.46. The Morgan fingerprint density at radius 3 is 2.89 bits per heavy atom. The molecule has 1 heterocycles. The molecule has 0 saturated heterocycles. The fourth-order valence-corrected chi connectivity index (χ4v) is 3.76. The lowest BCUT2D eigenvalue weighted by Gasteiger charge is -2.27. The first-order valence-electron chi connectivity index (χ1n) is 6.13. The zero-order chi connectivity index (χ0) is 13.0. The Bertz CT molecular complexity index is 401. The van der Waals surface area contributed by atoms with Crippen LogP contribution in [-0.4, -0.2) is 33.6 Å². The fourth-order valence-electron chi connectivity index (χ4n) is 2.23. The molecule has 1 aromatic rings. The second kappa shape index (κ2) is 6.43. The number of hydrogen-bond donors (Lipinski definition) is 2. The molecule has 1 aromatic heterocycles. The molecule has 0 bridgehead atoms. The van der Waals surface area contributed by atoms with Crippen molar-refractivity contribution in [1.29, 1.82) is 0 Å². The number of aliphatic carboxylic acids is 1. The van der Waals surface area contributed by atoms with Crippen molar-refractivity contribution >= 4 is 34.2 Å². The van der Waals surface area contributed by atoms with Gasteiger partial charge in [0.25, 0.3) is 0 Å². The summed E-state index contributed by atoms with van der Waals surface area (Å²) < 4.78 is 0. The van der Waals surface area contributed by atoms with Crippen LogP contribution in [0.25, 0.3) is 0 Å². The molecule has 0 radical (unpaired) electrons. The highest BCUT2D eigenvalue weighted by Gasteiger charge is 2.21. The van der Waals surface area contributed by atoms with Gasteiger partial charge in [-0.05, 0) is 31.9 Å². The lowest BCUT2D eigenvalue weighted by molar-refractivity contribution is -0.136. The van der Waals surface area contributed by atoms with E-state index in [4.69, 9.17) is 5.11 Å². The van der Waals surface area contributed by atoms with Crippen LogP contribution in [0.5, 0.6) is 0 Å². The maximum atomic E-state index is 10.6. The second-order valence-corrected chi connectivity index (χ2v) is 6.56. The minimum absolute atomic E-state index is 0.0113. The number of carboxylic acids is 1. The SMILES string of the molecule is CSC1CCC(Nc2nc(CC(=O)O)cs2)CC1. The van der Waals surface area contributed by atoms with E-state index in [-0.39, 0.29) is 6.42 Å². The molecule has 0 amide bonds. The molecule has 100 valence electrons. The van der Waals surface area contributed by atoms with E-state index in [1.807, 2.05) is 17.1 Å². The maximum Gasteiger partial charge on any atom is 0.309 e. The lowest BCUT2D eigenvalue weighted by atomic mass is 9.95. The first kappa shape index (κ1) is 13.7. The monoisotopic (exact) mass is 286 g/mol. The van der Waals surface area contributed by atoms with E-state index >= 15 is 0 Å². The van der Waals surface area contributed by atoms with E-state index in [1.54, 1.807) is 0 Å². The van der Waals surface area contributed by atoms with Gasteiger partial charge in [0.15, 0.2) is 5.13 Å². The van der Waals surface area contributed by atoms with Crippen molar-refractivity contribution < 1.29 is 9.90 Å². The Hall–Kier alpha value is -0.750. The van der Waals surface area contributed by atoms with Crippen LogP contribution in [0.15, 0.2) is 5.38 Å². The third-order valence-corrected chi connectivity index (χ3v) is 5.18. The van der Waals surface area contributed by atoms with Crippen LogP contribution in [-0.2, 0) is 11.2 Å². The Morgan fingerprint density at radius 2 is 2.28 bits per heavy atom. The predicted molar refractivity (Wildman–Crippen MR) is 76.6 cm³/mol. The third kappa shape index (κ3) is 3.88. The number of thiazole rings is 1. The van der Waals surface area contributed by atoms with E-state index in [9.17, 15) is 4.79 Å². The highest BCUT2D eigenvalue weighted by Crippen LogP contribution is 2.29. The van der Waals surface area contributed by atoms with Gasteiger partial charge in [-0.3, -0.25) is 4.79 Å². The smallest absolute Gasteiger partial charge is 0.309 e. The molecule has 6 heteroatoms. The topological polar surface area (TPSA) is 62.2 Å². The van der Waals surface area contributed by atoms with Crippen molar-refractivity contribution in [3.8, 4) is 0 Å². The van der Waals surface area contributed by atoms with Crippen molar-refractivity contribution in [2.75, 3.05) is 11.6 Å². The van der Waals surface area contributed by atoms with Gasteiger partial charge in [0.05, 0.1) is 12.1 Å². The first-order chi connectivity index (χ1) is 8.67. The molecule has 2 rings (SSSR count). The number of nitrogens with one attached hydrogen (secondary N) is 1. The number of aromatic nitrogens is 1. The number of anilines is 1. The molecule has 0 aromatic carbocycles. The summed E-state index contributed by atoms with van der Waals surface area (Å²) in [7, 11) is 0. The molecule has 1 saturated carbocycles. The molecular formula is C12H18N2O2S2. The quantitative estimate of drug-likeness (QED) is 0.871. The number of hydrogen-bond acceptors (Lipinski definition) is 5. The van der Waals surface area contributed by atoms with Gasteiger partial charge in [-0.25, -0.2) is 4.98 Å². The van der Waals surface area contributed by atoms with E-state index in [0.29, 0.717) is 11.7 Å². The highest BCUT2D eigenvalue weighted by molar-refractivity contribution is 7.99. The van der Waals surface area contributed by atoms with Crippen molar-refractivity contribution in [2.45, 2.75) is 43.4 Å². The zero-order valence-electron chi connectivity index (χ0n) is 10.4. The van der Waals surface area contributed by atoms with Gasteiger partial charge in [0, 0.05) is 16.7 Å². The Morgan fingerprint density at radius 1 is 1.56 bits per heavy atom. The van der Waals surface area contributed by atoms with Crippen molar-refractivity contribution in [2.24, 2.45) is 0 Å². The Balaban J connectivity index is 1.83. The molecular weight excluding hydrogens is 268 g/mol. The van der Waals surface area contributed by atoms with Gasteiger partial charge in [-0.2, -0.15) is 11.8 Å². The fraction of sp³-hybridized carbons (Fsp3) is 0.667. The maximum absolute atomic E-state index is 10.6. The zero-order valence-corrected chi connectivity index (χ0v) is 12.0. The standard InChI is InChI=1S/C12H18N2O2S2/c1-17-10-4-2-8(3-5-10)13-12-14-9(7-18-12)6-11(15)16/h7-8,10H,2-6H2,1H3,(H,13,14)(H,15,16). The van der Waals surface area contributed by atoms with Crippen LogP contribution >= 0.6 is 23.1 Å². The summed E-state index contributed by atoms with van der Waals surface area (Å²) in [4.78, 5) is 14.9. The van der Waals surface area contributed by atoms with Crippen LogP contribution in [0, 0.1) is 0 Å². The highest BCUT2D eigenvalue weighted by atomic mass is 32.2. The number of thioether (sulfide) groups is 1. The molecule has 1 fully saturated rings. The summed E-state index contributed by atoms with van der Waals surface area (Å²) in [6.07, 6.45) is 7.06. The van der Waals surface area contributed by atoms with Gasteiger partial charge < -0.3 is 10.4 Å². The molecule has 1 aliphatic carbocycles. The summed E-state index contributed by atoms with van der Waals surface area (Å²) in [5.74, 6) is -0.827. The predicted octanol–water partition coefficient (Wildman–Crippen LogP) is 2.86. The molecule has 18 heavy (non-hydrogen) atoms. The van der Waals surface area contributed by atoms with Crippen molar-refractivity contribution in [3.63, 3.8) is 0 Å². The number of carbonyl (C=O) groups is 1. The van der Waals surface area contributed by atoms with Crippen LogP contribution < -0.4 is 5.32 Å². The molecule has 0 aliphatic heterocycles. The van der Waals surface area contributed by atoms with Crippen LogP contribution in [0.2, 0.25) is 0 Å². The average Bonchev–Trinajstić information content (AvgIpc) is 2.76. The largest absolute Gasteiger partial charge is 0.481 e. The first-order valence-corrected chi connectivity index (χ1v) is 8.29. The van der Waals surface area contributed by atoms with Crippen LogP contribution in [0.1, 0.15) is 31.4 Å². The number of rotatable bonds is 5. The van der Waals surface area contributed by atoms with E-state index in [1.165, 1.54) is 37.0 Å². The van der Waals surface area contributed by atoms with Gasteiger partial charge in [0.2, 0.25) is 0 Å². The van der Waals surface area contributed by atoms with E-state index in [2.05, 4.69) is 16.6 Å². The minimum Gasteiger partial charge on any atom is -0.481 e. The van der Waals surface area contributed by atoms with E-state index < -0.39 is 5.97 Å². The Labute approximate surface area is 115 Å². The average molecular weight is 286 g/mol. The normalized spacial score (nSPS) is 23.8. The van der Waals surface area contributed by atoms with Crippen molar-refractivity contribution in [1.82, 2.24) is 4.98 Å².